The van der Waals surface area contributed by atoms with Gasteiger partial charge in [-0.25, -0.2) is 0 Å². The molecule has 0 spiro atoms. The number of carbonyl (C=O) groups excluding carboxylic acids is 4. The molecule has 4 amide bonds. The number of nitrogens with one attached hydrogen (secondary N) is 5. The maximum Gasteiger partial charge on any atom is 0.239 e. The molecule has 5 N–H and O–H groups in total. The van der Waals surface area contributed by atoms with Crippen LogP contribution in [0.3, 0.4) is 0 Å². The Bertz CT molecular complexity index is 423. The molecule has 23 heavy (non-hydrogen) atoms. The fraction of sp³-hybridized carbons (Fsp3) is 0.714. The standard InChI is InChI=1S/C14H27N5O4/c1-9(2)15-5-11(20)16-6-12(21)17-7-13(22)18-8-14(23)19-10(3)4/h9-10,15H,5-8H2,1-4H3,(H,16,20)(H,17,21)(H,18,22)(H,19,23). The van der Waals surface area contributed by atoms with Crippen molar-refractivity contribution in [3.63, 3.8) is 0 Å². The van der Waals surface area contributed by atoms with Crippen LogP contribution in [0.1, 0.15) is 27.7 Å². The third-order valence-corrected chi connectivity index (χ3v) is 2.46. The van der Waals surface area contributed by atoms with Gasteiger partial charge in [0.2, 0.25) is 23.6 Å². The van der Waals surface area contributed by atoms with Crippen molar-refractivity contribution in [2.75, 3.05) is 26.2 Å². The zero-order chi connectivity index (χ0) is 17.8. The van der Waals surface area contributed by atoms with E-state index in [1.165, 1.54) is 0 Å². The van der Waals surface area contributed by atoms with Gasteiger partial charge in [-0.05, 0) is 13.8 Å². The van der Waals surface area contributed by atoms with E-state index in [0.717, 1.165) is 0 Å². The van der Waals surface area contributed by atoms with Crippen molar-refractivity contribution in [3.05, 3.63) is 0 Å². The molecule has 0 aliphatic carbocycles. The second-order valence-corrected chi connectivity index (χ2v) is 5.59. The minimum Gasteiger partial charge on any atom is -0.352 e. The number of rotatable bonds is 10. The van der Waals surface area contributed by atoms with E-state index >= 15 is 0 Å². The van der Waals surface area contributed by atoms with Crippen LogP contribution in [0.4, 0.5) is 0 Å². The summed E-state index contributed by atoms with van der Waals surface area (Å²) in [6.07, 6.45) is 0. The van der Waals surface area contributed by atoms with Crippen LogP contribution in [-0.2, 0) is 19.2 Å². The Morgan fingerprint density at radius 1 is 0.609 bits per heavy atom. The van der Waals surface area contributed by atoms with Crippen molar-refractivity contribution in [2.45, 2.75) is 39.8 Å². The van der Waals surface area contributed by atoms with E-state index in [0.29, 0.717) is 0 Å². The Hall–Kier alpha value is -2.16. The Balaban J connectivity index is 3.78. The van der Waals surface area contributed by atoms with Gasteiger partial charge in [0.15, 0.2) is 0 Å². The third-order valence-electron chi connectivity index (χ3n) is 2.46. The fourth-order valence-electron chi connectivity index (χ4n) is 1.39. The molecule has 0 aromatic rings. The fourth-order valence-corrected chi connectivity index (χ4v) is 1.39. The van der Waals surface area contributed by atoms with E-state index in [1.807, 2.05) is 27.7 Å². The molecule has 0 radical (unpaired) electrons. The zero-order valence-electron chi connectivity index (χ0n) is 14.1. The van der Waals surface area contributed by atoms with Crippen molar-refractivity contribution >= 4 is 23.6 Å². The van der Waals surface area contributed by atoms with Gasteiger partial charge >= 0.3 is 0 Å². The van der Waals surface area contributed by atoms with Crippen LogP contribution in [-0.4, -0.2) is 61.9 Å². The second-order valence-electron chi connectivity index (χ2n) is 5.59. The first-order valence-corrected chi connectivity index (χ1v) is 7.53. The molecule has 0 heterocycles. The highest BCUT2D eigenvalue weighted by atomic mass is 16.2. The molecule has 0 aromatic carbocycles. The Morgan fingerprint density at radius 3 is 1.39 bits per heavy atom. The van der Waals surface area contributed by atoms with E-state index in [2.05, 4.69) is 26.6 Å². The van der Waals surface area contributed by atoms with E-state index < -0.39 is 11.8 Å². The maximum absolute atomic E-state index is 11.5. The van der Waals surface area contributed by atoms with Gasteiger partial charge in [0.05, 0.1) is 26.2 Å². The summed E-state index contributed by atoms with van der Waals surface area (Å²) >= 11 is 0. The molecular formula is C14H27N5O4. The lowest BCUT2D eigenvalue weighted by Gasteiger charge is -2.10. The minimum atomic E-state index is -0.482. The zero-order valence-corrected chi connectivity index (χ0v) is 14.1. The van der Waals surface area contributed by atoms with Gasteiger partial charge in [-0.2, -0.15) is 0 Å². The van der Waals surface area contributed by atoms with Crippen molar-refractivity contribution in [2.24, 2.45) is 0 Å². The molecule has 0 saturated heterocycles. The predicted molar refractivity (Wildman–Crippen MR) is 85.4 cm³/mol. The van der Waals surface area contributed by atoms with Crippen LogP contribution in [0.2, 0.25) is 0 Å². The lowest BCUT2D eigenvalue weighted by molar-refractivity contribution is -0.128. The number of hydrogen-bond donors (Lipinski definition) is 5. The van der Waals surface area contributed by atoms with Gasteiger partial charge in [0, 0.05) is 12.1 Å². The van der Waals surface area contributed by atoms with Crippen molar-refractivity contribution in [3.8, 4) is 0 Å². The highest BCUT2D eigenvalue weighted by Gasteiger charge is 2.09. The van der Waals surface area contributed by atoms with E-state index in [9.17, 15) is 19.2 Å². The molecule has 0 fully saturated rings. The highest BCUT2D eigenvalue weighted by Crippen LogP contribution is 1.77. The van der Waals surface area contributed by atoms with Crippen LogP contribution >= 0.6 is 0 Å². The van der Waals surface area contributed by atoms with Crippen molar-refractivity contribution in [1.82, 2.24) is 26.6 Å². The first-order chi connectivity index (χ1) is 10.7. The SMILES string of the molecule is CC(C)NCC(=O)NCC(=O)NCC(=O)NCC(=O)NC(C)C. The predicted octanol–water partition coefficient (Wildman–Crippen LogP) is -2.14. The summed E-state index contributed by atoms with van der Waals surface area (Å²) in [5, 5.41) is 12.7. The van der Waals surface area contributed by atoms with E-state index in [1.54, 1.807) is 0 Å². The van der Waals surface area contributed by atoms with E-state index in [4.69, 9.17) is 0 Å². The third kappa shape index (κ3) is 13.2. The monoisotopic (exact) mass is 329 g/mol. The summed E-state index contributed by atoms with van der Waals surface area (Å²) in [7, 11) is 0. The first kappa shape index (κ1) is 20.8. The summed E-state index contributed by atoms with van der Waals surface area (Å²) in [5.74, 6) is -1.57. The first-order valence-electron chi connectivity index (χ1n) is 7.53. The van der Waals surface area contributed by atoms with Crippen LogP contribution < -0.4 is 26.6 Å². The number of amides is 4. The molecule has 9 nitrogen and oxygen atoms in total. The van der Waals surface area contributed by atoms with Crippen LogP contribution in [0.5, 0.6) is 0 Å². The van der Waals surface area contributed by atoms with Crippen LogP contribution in [0.15, 0.2) is 0 Å². The molecule has 0 aliphatic rings. The number of hydrogen-bond acceptors (Lipinski definition) is 5. The molecule has 132 valence electrons. The van der Waals surface area contributed by atoms with Gasteiger partial charge in [-0.3, -0.25) is 19.2 Å². The second kappa shape index (κ2) is 11.4. The molecule has 0 saturated carbocycles. The number of carbonyl (C=O) groups is 4. The van der Waals surface area contributed by atoms with E-state index in [-0.39, 0.29) is 50.1 Å². The maximum atomic E-state index is 11.5. The summed E-state index contributed by atoms with van der Waals surface area (Å²) in [6, 6.07) is 0.166. The molecule has 0 rings (SSSR count). The molecule has 0 bridgehead atoms. The van der Waals surface area contributed by atoms with Crippen LogP contribution in [0.25, 0.3) is 0 Å². The molecular weight excluding hydrogens is 302 g/mol. The minimum absolute atomic E-state index is 0.00657. The summed E-state index contributed by atoms with van der Waals surface area (Å²) in [6.45, 7) is 6.93. The smallest absolute Gasteiger partial charge is 0.239 e. The Morgan fingerprint density at radius 2 is 1.00 bits per heavy atom. The quantitative estimate of drug-likeness (QED) is 0.312. The van der Waals surface area contributed by atoms with Crippen LogP contribution in [0, 0.1) is 0 Å². The summed E-state index contributed by atoms with van der Waals surface area (Å²) < 4.78 is 0. The summed E-state index contributed by atoms with van der Waals surface area (Å²) in [5.41, 5.74) is 0. The van der Waals surface area contributed by atoms with Gasteiger partial charge in [-0.1, -0.05) is 13.8 Å². The molecule has 0 atom stereocenters. The summed E-state index contributed by atoms with van der Waals surface area (Å²) in [4.78, 5) is 45.6. The normalized spacial score (nSPS) is 10.3. The largest absolute Gasteiger partial charge is 0.352 e. The van der Waals surface area contributed by atoms with Crippen molar-refractivity contribution < 1.29 is 19.2 Å². The molecule has 0 aliphatic heterocycles. The van der Waals surface area contributed by atoms with Crippen molar-refractivity contribution in [1.29, 1.82) is 0 Å². The average molecular weight is 329 g/mol. The van der Waals surface area contributed by atoms with Gasteiger partial charge in [0.25, 0.3) is 0 Å². The topological polar surface area (TPSA) is 128 Å². The molecule has 9 heteroatoms. The molecule has 0 aromatic heterocycles. The Labute approximate surface area is 136 Å². The van der Waals surface area contributed by atoms with Gasteiger partial charge in [0.1, 0.15) is 0 Å². The van der Waals surface area contributed by atoms with Gasteiger partial charge in [-0.15, -0.1) is 0 Å². The highest BCUT2D eigenvalue weighted by molar-refractivity contribution is 5.90. The Kier molecular flexibility index (Phi) is 10.3. The van der Waals surface area contributed by atoms with Gasteiger partial charge < -0.3 is 26.6 Å². The lowest BCUT2D eigenvalue weighted by Crippen LogP contribution is -2.46. The average Bonchev–Trinajstić information content (AvgIpc) is 2.45. The lowest BCUT2D eigenvalue weighted by atomic mass is 10.4. The molecule has 0 unspecified atom stereocenters.